The Labute approximate surface area is 125 Å². The molecule has 0 radical (unpaired) electrons. The second kappa shape index (κ2) is 4.37. The van der Waals surface area contributed by atoms with Gasteiger partial charge in [-0.05, 0) is 34.0 Å². The quantitative estimate of drug-likeness (QED) is 0.352. The molecule has 0 saturated heterocycles. The lowest BCUT2D eigenvalue weighted by atomic mass is 10.1. The molecule has 1 heterocycles. The van der Waals surface area contributed by atoms with Crippen LogP contribution >= 0.6 is 50.1 Å². The minimum Gasteiger partial charge on any atom is -0.254 e. The van der Waals surface area contributed by atoms with Crippen molar-refractivity contribution in [2.24, 2.45) is 0 Å². The van der Waals surface area contributed by atoms with E-state index in [-0.39, 0.29) is 0 Å². The lowest BCUT2D eigenvalue weighted by molar-refractivity contribution is 1.40. The van der Waals surface area contributed by atoms with Gasteiger partial charge in [0, 0.05) is 21.4 Å². The fourth-order valence-corrected chi connectivity index (χ4v) is 3.13. The van der Waals surface area contributed by atoms with Crippen LogP contribution in [0.5, 0.6) is 0 Å². The molecule has 0 spiro atoms. The molecular weight excluding hydrogens is 412 g/mol. The van der Waals surface area contributed by atoms with Gasteiger partial charge in [-0.15, -0.1) is 0 Å². The van der Waals surface area contributed by atoms with Crippen molar-refractivity contribution in [1.29, 1.82) is 0 Å². The van der Waals surface area contributed by atoms with Crippen LogP contribution in [0.15, 0.2) is 41.0 Å². The summed E-state index contributed by atoms with van der Waals surface area (Å²) in [4.78, 5) is 4.50. The van der Waals surface area contributed by atoms with Gasteiger partial charge in [0.2, 0.25) is 0 Å². The highest BCUT2D eigenvalue weighted by atomic mass is 127. The third kappa shape index (κ3) is 1.84. The lowest BCUT2D eigenvalue weighted by Gasteiger charge is -2.07. The van der Waals surface area contributed by atoms with Crippen molar-refractivity contribution in [3.63, 3.8) is 0 Å². The molecule has 1 nitrogen and oxygen atoms in total. The molecule has 0 atom stereocenters. The number of rotatable bonds is 0. The van der Waals surface area contributed by atoms with Gasteiger partial charge in [-0.25, -0.2) is 0 Å². The molecule has 0 saturated carbocycles. The van der Waals surface area contributed by atoms with Gasteiger partial charge < -0.3 is 0 Å². The van der Waals surface area contributed by atoms with E-state index in [4.69, 9.17) is 11.6 Å². The normalized spacial score (nSPS) is 11.2. The Bertz CT molecular complexity index is 742. The van der Waals surface area contributed by atoms with E-state index in [1.807, 2.05) is 24.4 Å². The molecule has 1 aromatic heterocycles. The van der Waals surface area contributed by atoms with Crippen LogP contribution in [0.3, 0.4) is 0 Å². The maximum absolute atomic E-state index is 6.33. The number of halogens is 3. The second-order valence-electron chi connectivity index (χ2n) is 3.72. The van der Waals surface area contributed by atoms with E-state index in [0.717, 1.165) is 34.7 Å². The third-order valence-corrected chi connectivity index (χ3v) is 4.92. The summed E-state index contributed by atoms with van der Waals surface area (Å²) in [5, 5.41) is 4.03. The minimum absolute atomic E-state index is 0.766. The number of nitrogens with zero attached hydrogens (tertiary/aromatic N) is 1. The van der Waals surface area contributed by atoms with E-state index in [2.05, 4.69) is 55.6 Å². The Hall–Kier alpha value is -0.390. The lowest BCUT2D eigenvalue weighted by Crippen LogP contribution is -1.86. The summed E-state index contributed by atoms with van der Waals surface area (Å²) in [7, 11) is 0. The molecule has 0 bridgehead atoms. The Morgan fingerprint density at radius 1 is 1.12 bits per heavy atom. The average molecular weight is 418 g/mol. The highest BCUT2D eigenvalue weighted by molar-refractivity contribution is 14.1. The van der Waals surface area contributed by atoms with Gasteiger partial charge in [-0.3, -0.25) is 4.98 Å². The van der Waals surface area contributed by atoms with Crippen LogP contribution in [-0.4, -0.2) is 4.98 Å². The Balaban J connectivity index is 2.62. The smallest absolute Gasteiger partial charge is 0.0796 e. The third-order valence-electron chi connectivity index (χ3n) is 2.72. The van der Waals surface area contributed by atoms with Crippen molar-refractivity contribution in [2.75, 3.05) is 0 Å². The molecule has 0 N–H and O–H groups in total. The first-order valence-corrected chi connectivity index (χ1v) is 7.24. The van der Waals surface area contributed by atoms with Gasteiger partial charge in [-0.1, -0.05) is 51.8 Å². The zero-order chi connectivity index (χ0) is 12.0. The van der Waals surface area contributed by atoms with E-state index in [9.17, 15) is 0 Å². The highest BCUT2D eigenvalue weighted by Crippen LogP contribution is 2.35. The summed E-state index contributed by atoms with van der Waals surface area (Å²) in [5.41, 5.74) is 0.953. The number of hydrogen-bond acceptors (Lipinski definition) is 1. The fourth-order valence-electron chi connectivity index (χ4n) is 1.93. The van der Waals surface area contributed by atoms with E-state index in [1.165, 1.54) is 0 Å². The molecule has 17 heavy (non-hydrogen) atoms. The van der Waals surface area contributed by atoms with Crippen molar-refractivity contribution in [1.82, 2.24) is 4.98 Å². The molecule has 0 aliphatic carbocycles. The van der Waals surface area contributed by atoms with Gasteiger partial charge in [0.05, 0.1) is 14.1 Å². The van der Waals surface area contributed by atoms with E-state index in [0.29, 0.717) is 0 Å². The average Bonchev–Trinajstić information content (AvgIpc) is 2.35. The van der Waals surface area contributed by atoms with E-state index in [1.54, 1.807) is 0 Å². The minimum atomic E-state index is 0.766. The topological polar surface area (TPSA) is 12.9 Å². The van der Waals surface area contributed by atoms with Crippen LogP contribution in [0.25, 0.3) is 21.7 Å². The first-order valence-electron chi connectivity index (χ1n) is 4.99. The van der Waals surface area contributed by atoms with Crippen LogP contribution in [0.2, 0.25) is 5.02 Å². The Morgan fingerprint density at radius 2 is 1.82 bits per heavy atom. The van der Waals surface area contributed by atoms with Crippen molar-refractivity contribution in [3.8, 4) is 0 Å². The summed E-state index contributed by atoms with van der Waals surface area (Å²) < 4.78 is 2.02. The van der Waals surface area contributed by atoms with Crippen molar-refractivity contribution < 1.29 is 0 Å². The maximum Gasteiger partial charge on any atom is 0.0796 e. The molecule has 84 valence electrons. The number of pyridine rings is 1. The van der Waals surface area contributed by atoms with Crippen LogP contribution in [-0.2, 0) is 0 Å². The van der Waals surface area contributed by atoms with Gasteiger partial charge in [0.25, 0.3) is 0 Å². The number of aromatic nitrogens is 1. The number of hydrogen-bond donors (Lipinski definition) is 0. The van der Waals surface area contributed by atoms with Gasteiger partial charge in [-0.2, -0.15) is 0 Å². The molecule has 3 rings (SSSR count). The predicted octanol–water partition coefficient (Wildman–Crippen LogP) is 5.41. The molecule has 0 aliphatic rings. The molecular formula is C13H6BrClIN. The summed E-state index contributed by atoms with van der Waals surface area (Å²) in [5.74, 6) is 0. The van der Waals surface area contributed by atoms with Crippen LogP contribution in [0, 0.1) is 3.57 Å². The Kier molecular flexibility index (Phi) is 3.00. The summed E-state index contributed by atoms with van der Waals surface area (Å²) in [6.45, 7) is 0. The van der Waals surface area contributed by atoms with E-state index < -0.39 is 0 Å². The highest BCUT2D eigenvalue weighted by Gasteiger charge is 2.10. The zero-order valence-corrected chi connectivity index (χ0v) is 13.0. The maximum atomic E-state index is 6.33. The zero-order valence-electron chi connectivity index (χ0n) is 8.55. The monoisotopic (exact) mass is 417 g/mol. The first-order chi connectivity index (χ1) is 8.18. The second-order valence-corrected chi connectivity index (χ2v) is 6.11. The molecule has 0 aliphatic heterocycles. The molecule has 4 heteroatoms. The molecule has 3 aromatic rings. The first kappa shape index (κ1) is 11.7. The Morgan fingerprint density at radius 3 is 2.59 bits per heavy atom. The fraction of sp³-hybridized carbons (Fsp3) is 0. The SMILES string of the molecule is Clc1c(I)cnc2c1cc(Br)c1ccccc12. The number of benzene rings is 2. The number of fused-ring (bicyclic) bond motifs is 3. The van der Waals surface area contributed by atoms with Crippen molar-refractivity contribution >= 4 is 71.8 Å². The van der Waals surface area contributed by atoms with Crippen molar-refractivity contribution in [2.45, 2.75) is 0 Å². The molecule has 2 aromatic carbocycles. The van der Waals surface area contributed by atoms with Gasteiger partial charge >= 0.3 is 0 Å². The van der Waals surface area contributed by atoms with Crippen LogP contribution in [0.1, 0.15) is 0 Å². The standard InChI is InChI=1S/C13H6BrClIN/c14-10-5-9-12(15)11(16)6-17-13(9)8-4-2-1-3-7(8)10/h1-6H. The summed E-state index contributed by atoms with van der Waals surface area (Å²) >= 11 is 12.1. The molecule has 0 amide bonds. The van der Waals surface area contributed by atoms with Gasteiger partial charge in [0.15, 0.2) is 0 Å². The largest absolute Gasteiger partial charge is 0.254 e. The molecule has 0 unspecified atom stereocenters. The van der Waals surface area contributed by atoms with E-state index >= 15 is 0 Å². The molecule has 0 fully saturated rings. The summed E-state index contributed by atoms with van der Waals surface area (Å²) in [6, 6.07) is 10.2. The van der Waals surface area contributed by atoms with Crippen LogP contribution < -0.4 is 0 Å². The van der Waals surface area contributed by atoms with Gasteiger partial charge in [0.1, 0.15) is 0 Å². The van der Waals surface area contributed by atoms with Crippen molar-refractivity contribution in [3.05, 3.63) is 49.6 Å². The summed E-state index contributed by atoms with van der Waals surface area (Å²) in [6.07, 6.45) is 1.81. The predicted molar refractivity (Wildman–Crippen MR) is 84.7 cm³/mol. The van der Waals surface area contributed by atoms with Crippen LogP contribution in [0.4, 0.5) is 0 Å².